The Kier molecular flexibility index (Phi) is 3.23. The molecule has 0 atom stereocenters. The predicted molar refractivity (Wildman–Crippen MR) is 55.8 cm³/mol. The van der Waals surface area contributed by atoms with E-state index < -0.39 is 5.97 Å². The van der Waals surface area contributed by atoms with Gasteiger partial charge in [0.15, 0.2) is 0 Å². The maximum absolute atomic E-state index is 11.1. The van der Waals surface area contributed by atoms with Gasteiger partial charge >= 0.3 is 5.97 Å². The number of methoxy groups -OCH3 is 1. The molecule has 74 valence electrons. The third-order valence-corrected chi connectivity index (χ3v) is 1.73. The van der Waals surface area contributed by atoms with Crippen LogP contribution in [0.1, 0.15) is 10.5 Å². The zero-order valence-electron chi connectivity index (χ0n) is 8.20. The van der Waals surface area contributed by atoms with Crippen LogP contribution in [0, 0.1) is 0 Å². The lowest BCUT2D eigenvalue weighted by atomic mass is 10.4. The van der Waals surface area contributed by atoms with Gasteiger partial charge in [-0.3, -0.25) is 4.99 Å². The molecule has 14 heavy (non-hydrogen) atoms. The first-order chi connectivity index (χ1) is 6.69. The van der Waals surface area contributed by atoms with E-state index >= 15 is 0 Å². The number of hydrogen-bond donors (Lipinski definition) is 1. The van der Waals surface area contributed by atoms with Crippen LogP contribution in [0.25, 0.3) is 12.7 Å². The number of esters is 1. The van der Waals surface area contributed by atoms with Crippen LogP contribution < -0.4 is 10.6 Å². The average Bonchev–Trinajstić information content (AvgIpc) is 2.56. The fourth-order valence-electron chi connectivity index (χ4n) is 1.03. The first-order valence-corrected chi connectivity index (χ1v) is 4.07. The van der Waals surface area contributed by atoms with E-state index in [0.29, 0.717) is 5.69 Å². The van der Waals surface area contributed by atoms with Crippen molar-refractivity contribution in [3.63, 3.8) is 0 Å². The highest BCUT2D eigenvalue weighted by atomic mass is 16.5. The summed E-state index contributed by atoms with van der Waals surface area (Å²) >= 11 is 0. The molecule has 0 radical (unpaired) electrons. The number of nitrogens with one attached hydrogen (secondary N) is 1. The summed E-state index contributed by atoms with van der Waals surface area (Å²) in [6, 6.07) is 1.64. The predicted octanol–water partition coefficient (Wildman–Crippen LogP) is -0.307. The molecule has 4 heteroatoms. The van der Waals surface area contributed by atoms with Gasteiger partial charge < -0.3 is 9.72 Å². The van der Waals surface area contributed by atoms with Crippen LogP contribution in [0.4, 0.5) is 0 Å². The Hall–Kier alpha value is -1.84. The molecule has 0 unspecified atom stereocenters. The van der Waals surface area contributed by atoms with E-state index in [-0.39, 0.29) is 0 Å². The lowest BCUT2D eigenvalue weighted by molar-refractivity contribution is 0.0594. The summed E-state index contributed by atoms with van der Waals surface area (Å²) in [4.78, 5) is 17.8. The van der Waals surface area contributed by atoms with E-state index in [4.69, 9.17) is 0 Å². The molecule has 1 rings (SSSR count). The van der Waals surface area contributed by atoms with E-state index in [0.717, 1.165) is 10.6 Å². The molecular formula is C10H12N2O2. The molecule has 1 N–H and O–H groups in total. The van der Waals surface area contributed by atoms with Crippen LogP contribution in [-0.4, -0.2) is 31.3 Å². The molecule has 0 aromatic carbocycles. The maximum Gasteiger partial charge on any atom is 0.354 e. The van der Waals surface area contributed by atoms with Gasteiger partial charge in [-0.05, 0) is 17.4 Å². The van der Waals surface area contributed by atoms with Gasteiger partial charge in [0, 0.05) is 18.6 Å². The molecular weight excluding hydrogens is 180 g/mol. The number of aromatic nitrogens is 1. The molecule has 1 aromatic heterocycles. The Labute approximate surface area is 81.6 Å². The Morgan fingerprint density at radius 2 is 2.43 bits per heavy atom. The van der Waals surface area contributed by atoms with Gasteiger partial charge in [0.2, 0.25) is 0 Å². The number of carbonyl (C=O) groups is 1. The summed E-state index contributed by atoms with van der Waals surface area (Å²) < 4.78 is 4.56. The number of carbonyl (C=O) groups excluding carboxylic acids is 1. The number of H-pyrrole nitrogens is 1. The second kappa shape index (κ2) is 4.41. The minimum atomic E-state index is -0.400. The van der Waals surface area contributed by atoms with Crippen LogP contribution in [0.15, 0.2) is 11.1 Å². The lowest BCUT2D eigenvalue weighted by Crippen LogP contribution is -2.20. The van der Waals surface area contributed by atoms with Crippen molar-refractivity contribution in [2.45, 2.75) is 0 Å². The third kappa shape index (κ3) is 2.10. The molecule has 0 aliphatic carbocycles. The summed E-state index contributed by atoms with van der Waals surface area (Å²) in [6.45, 7) is 3.78. The first-order valence-electron chi connectivity index (χ1n) is 4.07. The molecule has 4 nitrogen and oxygen atoms in total. The van der Waals surface area contributed by atoms with Crippen molar-refractivity contribution in [3.05, 3.63) is 22.3 Å². The van der Waals surface area contributed by atoms with Crippen LogP contribution in [0.5, 0.6) is 0 Å². The zero-order chi connectivity index (χ0) is 10.6. The summed E-state index contributed by atoms with van der Waals surface area (Å²) in [5.74, 6) is -0.400. The van der Waals surface area contributed by atoms with Crippen LogP contribution >= 0.6 is 0 Å². The van der Waals surface area contributed by atoms with Crippen LogP contribution in [0.2, 0.25) is 0 Å². The van der Waals surface area contributed by atoms with E-state index in [1.54, 1.807) is 25.4 Å². The maximum atomic E-state index is 11.1. The topological polar surface area (TPSA) is 54.5 Å². The van der Waals surface area contributed by atoms with Gasteiger partial charge in [0.25, 0.3) is 0 Å². The number of hydrogen-bond acceptors (Lipinski definition) is 3. The summed E-state index contributed by atoms with van der Waals surface area (Å²) in [5.41, 5.74) is 0.397. The zero-order valence-corrected chi connectivity index (χ0v) is 8.20. The van der Waals surface area contributed by atoms with Gasteiger partial charge in [0.1, 0.15) is 5.69 Å². The highest BCUT2D eigenvalue weighted by Gasteiger charge is 2.05. The normalized spacial score (nSPS) is 12.3. The first kappa shape index (κ1) is 10.2. The van der Waals surface area contributed by atoms with E-state index in [2.05, 4.69) is 21.3 Å². The fourth-order valence-corrected chi connectivity index (χ4v) is 1.03. The molecule has 1 aromatic rings. The number of nitrogens with zero attached hydrogens (tertiary/aromatic N) is 1. The van der Waals surface area contributed by atoms with Crippen molar-refractivity contribution in [2.75, 3.05) is 14.2 Å². The van der Waals surface area contributed by atoms with E-state index in [1.807, 2.05) is 0 Å². The molecule has 0 amide bonds. The largest absolute Gasteiger partial charge is 0.464 e. The number of ether oxygens (including phenoxy) is 1. The number of rotatable bonds is 2. The molecule has 0 bridgehead atoms. The minimum Gasteiger partial charge on any atom is -0.464 e. The molecule has 0 saturated heterocycles. The van der Waals surface area contributed by atoms with Gasteiger partial charge in [-0.25, -0.2) is 4.79 Å². The quantitative estimate of drug-likeness (QED) is 0.516. The summed E-state index contributed by atoms with van der Waals surface area (Å²) in [7, 11) is 3.01. The van der Waals surface area contributed by atoms with E-state index in [9.17, 15) is 4.79 Å². The summed E-state index contributed by atoms with van der Waals surface area (Å²) in [6.07, 6.45) is 3.37. The standard InChI is InChI=1S/C10H12N2O2/c1-7-6-9(10(13)14-3)12-8(7)4-5-11-2/h4-6,12H,1H2,2-3H3/b8-4+,11-5?. The Bertz CT molecular complexity index is 457. The van der Waals surface area contributed by atoms with Gasteiger partial charge in [0.05, 0.1) is 7.11 Å². The average molecular weight is 192 g/mol. The molecule has 1 heterocycles. The van der Waals surface area contributed by atoms with E-state index in [1.165, 1.54) is 7.11 Å². The molecule has 0 spiro atoms. The molecule has 0 aliphatic heterocycles. The van der Waals surface area contributed by atoms with Crippen molar-refractivity contribution < 1.29 is 9.53 Å². The van der Waals surface area contributed by atoms with Crippen LogP contribution in [0.3, 0.4) is 0 Å². The van der Waals surface area contributed by atoms with Crippen molar-refractivity contribution in [1.82, 2.24) is 4.98 Å². The highest BCUT2D eigenvalue weighted by Crippen LogP contribution is 1.88. The monoisotopic (exact) mass is 192 g/mol. The molecule has 0 fully saturated rings. The molecule has 0 saturated carbocycles. The smallest absolute Gasteiger partial charge is 0.354 e. The Morgan fingerprint density at radius 1 is 1.71 bits per heavy atom. The summed E-state index contributed by atoms with van der Waals surface area (Å²) in [5, 5.41) is 1.50. The minimum absolute atomic E-state index is 0.397. The Balaban J connectivity index is 3.18. The van der Waals surface area contributed by atoms with Gasteiger partial charge in [-0.2, -0.15) is 0 Å². The van der Waals surface area contributed by atoms with Crippen molar-refractivity contribution >= 4 is 24.8 Å². The number of aromatic amines is 1. The van der Waals surface area contributed by atoms with Crippen molar-refractivity contribution in [2.24, 2.45) is 4.99 Å². The van der Waals surface area contributed by atoms with Crippen molar-refractivity contribution in [1.29, 1.82) is 0 Å². The van der Waals surface area contributed by atoms with Crippen LogP contribution in [-0.2, 0) is 4.74 Å². The van der Waals surface area contributed by atoms with Crippen molar-refractivity contribution in [3.8, 4) is 0 Å². The SMILES string of the molecule is C=c1cc(C(=O)OC)[nH]/c1=C/C=NC. The lowest BCUT2D eigenvalue weighted by Gasteiger charge is -1.91. The third-order valence-electron chi connectivity index (χ3n) is 1.73. The van der Waals surface area contributed by atoms with Gasteiger partial charge in [-0.15, -0.1) is 0 Å². The molecule has 0 aliphatic rings. The highest BCUT2D eigenvalue weighted by molar-refractivity contribution is 5.91. The second-order valence-electron chi connectivity index (χ2n) is 2.69. The second-order valence-corrected chi connectivity index (χ2v) is 2.69. The number of aliphatic imine (C=N–C) groups is 1. The fraction of sp³-hybridized carbons (Fsp3) is 0.200. The van der Waals surface area contributed by atoms with Gasteiger partial charge in [-0.1, -0.05) is 6.58 Å². The Morgan fingerprint density at radius 3 is 3.00 bits per heavy atom.